The normalized spacial score (nSPS) is 20.5. The van der Waals surface area contributed by atoms with E-state index in [0.29, 0.717) is 5.02 Å². The van der Waals surface area contributed by atoms with E-state index in [1.807, 2.05) is 55.5 Å². The third-order valence-corrected chi connectivity index (χ3v) is 7.30. The molecule has 0 N–H and O–H groups in total. The molecule has 0 unspecified atom stereocenters. The zero-order valence-electron chi connectivity index (χ0n) is 19.3. The standard InChI is InChI=1S/C28H25Cl2NO3/c1-27(2)13-12-18-15-19(6-11-24(18)34-27)28(3)22-16-20(29)7-10-23(22)31(26(28)33)21-8-4-17(5-9-21)14-25(30)32/h4-11,15-16H,12-14H2,1-3H3/t28-/m0/s1. The Morgan fingerprint density at radius 1 is 1.03 bits per heavy atom. The van der Waals surface area contributed by atoms with Crippen molar-refractivity contribution >= 4 is 45.7 Å². The topological polar surface area (TPSA) is 46.6 Å². The molecular weight excluding hydrogens is 469 g/mol. The lowest BCUT2D eigenvalue weighted by Gasteiger charge is -2.34. The summed E-state index contributed by atoms with van der Waals surface area (Å²) in [7, 11) is 0. The van der Waals surface area contributed by atoms with Crippen LogP contribution >= 0.6 is 23.2 Å². The van der Waals surface area contributed by atoms with Crippen LogP contribution in [0.5, 0.6) is 5.75 Å². The number of nitrogens with zero attached hydrogens (tertiary/aromatic N) is 1. The predicted molar refractivity (Wildman–Crippen MR) is 136 cm³/mol. The summed E-state index contributed by atoms with van der Waals surface area (Å²) in [5.41, 5.74) is 4.11. The maximum atomic E-state index is 14.1. The molecule has 0 radical (unpaired) electrons. The Hall–Kier alpha value is -2.82. The van der Waals surface area contributed by atoms with Crippen LogP contribution in [0.25, 0.3) is 0 Å². The lowest BCUT2D eigenvalue weighted by Crippen LogP contribution is -2.37. The quantitative estimate of drug-likeness (QED) is 0.378. The zero-order valence-corrected chi connectivity index (χ0v) is 20.8. The fourth-order valence-corrected chi connectivity index (χ4v) is 5.31. The van der Waals surface area contributed by atoms with Gasteiger partial charge >= 0.3 is 0 Å². The molecule has 0 aromatic heterocycles. The van der Waals surface area contributed by atoms with Crippen LogP contribution in [-0.4, -0.2) is 16.8 Å². The van der Waals surface area contributed by atoms with Gasteiger partial charge in [0, 0.05) is 17.1 Å². The number of carbonyl (C=O) groups is 2. The maximum Gasteiger partial charge on any atom is 0.246 e. The number of benzene rings is 3. The second kappa shape index (κ2) is 8.14. The summed E-state index contributed by atoms with van der Waals surface area (Å²) in [4.78, 5) is 27.1. The highest BCUT2D eigenvalue weighted by Crippen LogP contribution is 2.50. The van der Waals surface area contributed by atoms with E-state index in [1.165, 1.54) is 0 Å². The molecule has 174 valence electrons. The molecule has 0 saturated heterocycles. The Kier molecular flexibility index (Phi) is 5.50. The van der Waals surface area contributed by atoms with Gasteiger partial charge in [-0.25, -0.2) is 0 Å². The van der Waals surface area contributed by atoms with Gasteiger partial charge in [0.1, 0.15) is 11.4 Å². The third kappa shape index (κ3) is 3.79. The minimum atomic E-state index is -0.910. The molecule has 3 aromatic rings. The van der Waals surface area contributed by atoms with Crippen molar-refractivity contribution in [2.45, 2.75) is 51.0 Å². The van der Waals surface area contributed by atoms with Crippen LogP contribution in [0.2, 0.25) is 5.02 Å². The van der Waals surface area contributed by atoms with Crippen molar-refractivity contribution < 1.29 is 14.3 Å². The van der Waals surface area contributed by atoms with Gasteiger partial charge in [0.2, 0.25) is 11.1 Å². The molecule has 3 aromatic carbocycles. The number of rotatable bonds is 4. The van der Waals surface area contributed by atoms with Crippen molar-refractivity contribution in [1.82, 2.24) is 0 Å². The average molecular weight is 494 g/mol. The van der Waals surface area contributed by atoms with Crippen LogP contribution in [0.15, 0.2) is 60.7 Å². The number of anilines is 2. The second-order valence-electron chi connectivity index (χ2n) is 9.81. The number of aryl methyl sites for hydroxylation is 1. The Bertz CT molecular complexity index is 1320. The van der Waals surface area contributed by atoms with E-state index in [1.54, 1.807) is 11.0 Å². The summed E-state index contributed by atoms with van der Waals surface area (Å²) >= 11 is 11.9. The molecule has 2 aliphatic rings. The molecule has 2 heterocycles. The molecule has 0 aliphatic carbocycles. The smallest absolute Gasteiger partial charge is 0.246 e. The highest BCUT2D eigenvalue weighted by Gasteiger charge is 2.49. The van der Waals surface area contributed by atoms with Crippen LogP contribution in [-0.2, 0) is 27.8 Å². The molecule has 1 amide bonds. The van der Waals surface area contributed by atoms with Crippen LogP contribution in [0.4, 0.5) is 11.4 Å². The lowest BCUT2D eigenvalue weighted by molar-refractivity contribution is -0.120. The fraction of sp³-hybridized carbons (Fsp3) is 0.286. The van der Waals surface area contributed by atoms with Gasteiger partial charge in [-0.3, -0.25) is 14.5 Å². The Labute approximate surface area is 209 Å². The summed E-state index contributed by atoms with van der Waals surface area (Å²) in [6.45, 7) is 6.15. The van der Waals surface area contributed by atoms with Gasteiger partial charge in [-0.1, -0.05) is 35.9 Å². The van der Waals surface area contributed by atoms with E-state index < -0.39 is 10.7 Å². The summed E-state index contributed by atoms with van der Waals surface area (Å²) in [6, 6.07) is 19.0. The van der Waals surface area contributed by atoms with Gasteiger partial charge in [0.05, 0.1) is 11.1 Å². The number of ether oxygens (including phenoxy) is 1. The van der Waals surface area contributed by atoms with E-state index in [4.69, 9.17) is 27.9 Å². The molecule has 4 nitrogen and oxygen atoms in total. The Balaban J connectivity index is 1.60. The molecule has 5 rings (SSSR count). The van der Waals surface area contributed by atoms with Crippen molar-refractivity contribution in [1.29, 1.82) is 0 Å². The van der Waals surface area contributed by atoms with Gasteiger partial charge < -0.3 is 4.74 Å². The van der Waals surface area contributed by atoms with Crippen LogP contribution < -0.4 is 9.64 Å². The van der Waals surface area contributed by atoms with Gasteiger partial charge in [-0.15, -0.1) is 0 Å². The van der Waals surface area contributed by atoms with Crippen LogP contribution in [0.3, 0.4) is 0 Å². The van der Waals surface area contributed by atoms with Crippen molar-refractivity contribution in [3.63, 3.8) is 0 Å². The zero-order chi connectivity index (χ0) is 24.3. The first-order valence-corrected chi connectivity index (χ1v) is 12.1. The summed E-state index contributed by atoms with van der Waals surface area (Å²) in [6.07, 6.45) is 1.96. The van der Waals surface area contributed by atoms with Crippen molar-refractivity contribution in [3.05, 3.63) is 87.9 Å². The first-order chi connectivity index (χ1) is 16.1. The lowest BCUT2D eigenvalue weighted by atomic mass is 9.76. The number of carbonyl (C=O) groups excluding carboxylic acids is 2. The minimum Gasteiger partial charge on any atom is -0.488 e. The van der Waals surface area contributed by atoms with Gasteiger partial charge in [-0.05, 0) is 104 Å². The molecule has 0 fully saturated rings. The van der Waals surface area contributed by atoms with Gasteiger partial charge in [0.15, 0.2) is 0 Å². The Morgan fingerprint density at radius 3 is 2.47 bits per heavy atom. The van der Waals surface area contributed by atoms with Crippen molar-refractivity contribution in [2.24, 2.45) is 0 Å². The molecule has 1 atom stereocenters. The maximum absolute atomic E-state index is 14.1. The first-order valence-electron chi connectivity index (χ1n) is 11.3. The largest absolute Gasteiger partial charge is 0.488 e. The number of hydrogen-bond donors (Lipinski definition) is 0. The summed E-state index contributed by atoms with van der Waals surface area (Å²) < 4.78 is 6.16. The Morgan fingerprint density at radius 2 is 1.76 bits per heavy atom. The van der Waals surface area contributed by atoms with Crippen molar-refractivity contribution in [3.8, 4) is 5.75 Å². The SMILES string of the molecule is CC1(C)CCc2cc([C@]3(C)C(=O)N(c4ccc(CC(=O)Cl)cc4)c4ccc(Cl)cc43)ccc2O1. The first kappa shape index (κ1) is 22.9. The van der Waals surface area contributed by atoms with E-state index in [9.17, 15) is 9.59 Å². The van der Waals surface area contributed by atoms with Gasteiger partial charge in [-0.2, -0.15) is 0 Å². The number of fused-ring (bicyclic) bond motifs is 2. The minimum absolute atomic E-state index is 0.0528. The fourth-order valence-electron chi connectivity index (χ4n) is 4.98. The molecule has 0 spiro atoms. The van der Waals surface area contributed by atoms with Crippen LogP contribution in [0.1, 0.15) is 49.4 Å². The highest BCUT2D eigenvalue weighted by atomic mass is 35.5. The van der Waals surface area contributed by atoms with E-state index in [0.717, 1.165) is 52.2 Å². The molecule has 2 aliphatic heterocycles. The highest BCUT2D eigenvalue weighted by molar-refractivity contribution is 6.63. The molecule has 34 heavy (non-hydrogen) atoms. The van der Waals surface area contributed by atoms with Crippen molar-refractivity contribution in [2.75, 3.05) is 4.90 Å². The molecule has 6 heteroatoms. The van der Waals surface area contributed by atoms with E-state index in [-0.39, 0.29) is 17.9 Å². The molecule has 0 bridgehead atoms. The number of hydrogen-bond acceptors (Lipinski definition) is 3. The van der Waals surface area contributed by atoms with E-state index >= 15 is 0 Å². The molecule has 0 saturated carbocycles. The van der Waals surface area contributed by atoms with Crippen LogP contribution in [0, 0.1) is 0 Å². The summed E-state index contributed by atoms with van der Waals surface area (Å²) in [5, 5.41) is 0.163. The van der Waals surface area contributed by atoms with E-state index in [2.05, 4.69) is 19.9 Å². The number of amides is 1. The average Bonchev–Trinajstić information content (AvgIpc) is 3.00. The monoisotopic (exact) mass is 493 g/mol. The molecular formula is C28H25Cl2NO3. The number of halogens is 2. The predicted octanol–water partition coefficient (Wildman–Crippen LogP) is 6.74. The third-order valence-electron chi connectivity index (χ3n) is 6.93. The second-order valence-corrected chi connectivity index (χ2v) is 10.7. The van der Waals surface area contributed by atoms with Gasteiger partial charge in [0.25, 0.3) is 0 Å². The summed E-state index contributed by atoms with van der Waals surface area (Å²) in [5.74, 6) is 0.824.